The predicted molar refractivity (Wildman–Crippen MR) is 338 cm³/mol. The lowest BCUT2D eigenvalue weighted by Crippen LogP contribution is -2.45. The molecular formula is C62H80N6O13S6. The predicted octanol–water partition coefficient (Wildman–Crippen LogP) is 7.72. The molecule has 0 aliphatic carbocycles. The first-order valence-electron chi connectivity index (χ1n) is 28.6. The molecule has 2 heterocycles. The number of hydrogen-bond donors (Lipinski definition) is 1. The van der Waals surface area contributed by atoms with Gasteiger partial charge in [-0.15, -0.1) is 0 Å². The second-order valence-corrected chi connectivity index (χ2v) is 33.9. The van der Waals surface area contributed by atoms with Gasteiger partial charge in [0.05, 0.1) is 29.4 Å². The number of aliphatic hydroxyl groups is 1. The van der Waals surface area contributed by atoms with Gasteiger partial charge in [-0.25, -0.2) is 50.5 Å². The highest BCUT2D eigenvalue weighted by atomic mass is 32.2. The largest absolute Gasteiger partial charge is 0.396 e. The van der Waals surface area contributed by atoms with Crippen molar-refractivity contribution in [3.8, 4) is 0 Å². The Bertz CT molecular complexity index is 3820. The first-order chi connectivity index (χ1) is 41.0. The third-order valence-corrected chi connectivity index (χ3v) is 26.5. The molecule has 19 nitrogen and oxygen atoms in total. The Kier molecular flexibility index (Phi) is 23.3. The normalized spacial score (nSPS) is 17.9. The van der Waals surface area contributed by atoms with Crippen molar-refractivity contribution in [1.82, 2.24) is 25.8 Å². The second kappa shape index (κ2) is 29.4. The maximum atomic E-state index is 13.8. The van der Waals surface area contributed by atoms with E-state index in [0.717, 1.165) is 33.4 Å². The van der Waals surface area contributed by atoms with Crippen LogP contribution in [-0.4, -0.2) is 167 Å². The summed E-state index contributed by atoms with van der Waals surface area (Å²) in [6, 6.07) is 38.8. The van der Waals surface area contributed by atoms with Crippen LogP contribution in [0.25, 0.3) is 0 Å². The number of aryl methyl sites for hydroxylation is 6. The van der Waals surface area contributed by atoms with Crippen molar-refractivity contribution in [2.24, 2.45) is 5.92 Å². The molecule has 6 aromatic carbocycles. The smallest absolute Gasteiger partial charge is 0.243 e. The van der Waals surface area contributed by atoms with E-state index in [4.69, 9.17) is 0 Å². The molecule has 0 spiro atoms. The van der Waals surface area contributed by atoms with Crippen LogP contribution in [-0.2, 0) is 60.1 Å². The minimum atomic E-state index is -4.04. The summed E-state index contributed by atoms with van der Waals surface area (Å²) in [5.74, 6) is -0.720. The first-order valence-corrected chi connectivity index (χ1v) is 37.3. The number of rotatable bonds is 13. The lowest BCUT2D eigenvalue weighted by molar-refractivity contribution is 0.172. The minimum absolute atomic E-state index is 0.0165. The average molecular weight is 1310 g/mol. The summed E-state index contributed by atoms with van der Waals surface area (Å²) in [4.78, 5) is 0.591. The summed E-state index contributed by atoms with van der Waals surface area (Å²) in [6.07, 6.45) is 0.906. The van der Waals surface area contributed by atoms with Crippen molar-refractivity contribution in [2.75, 3.05) is 85.1 Å². The maximum absolute atomic E-state index is 13.8. The van der Waals surface area contributed by atoms with Gasteiger partial charge >= 0.3 is 0 Å². The number of hydrogen-bond acceptors (Lipinski definition) is 13. The molecule has 1 N–H and O–H groups in total. The molecular weight excluding hydrogens is 1230 g/mol. The van der Waals surface area contributed by atoms with E-state index in [0.29, 0.717) is 5.57 Å². The van der Waals surface area contributed by atoms with Crippen LogP contribution in [0.4, 0.5) is 0 Å². The standard InChI is InChI=1S/C31H41N3O7S3.C31H39N3O6S3/c1-25-6-12-29(13-7-25)42(36,37)32-18-4-20-33(43(38,39)30-14-8-26(2)9-15-30)22-28(24-35)23-34(21-5-19-32)44(40,41)31-16-10-27(3)11-17-31;1-25-7-13-29(14-8-25)41(35,36)32-19-5-21-33(42(37,38)30-15-9-26(2)10-16-30)23-28(4)24-34(22-6-20-32)43(39,40)31-17-11-27(3)12-18-31/h6-17,28,35H,4-5,18-24H2,1-3H3;7-18H,4-6,19-24H2,1-3H3. The molecule has 0 radical (unpaired) electrons. The van der Waals surface area contributed by atoms with E-state index in [1.165, 1.54) is 86.5 Å². The zero-order chi connectivity index (χ0) is 63.5. The quantitative estimate of drug-likeness (QED) is 0.109. The van der Waals surface area contributed by atoms with Gasteiger partial charge in [0.15, 0.2) is 0 Å². The third-order valence-electron chi connectivity index (χ3n) is 15.2. The zero-order valence-corrected chi connectivity index (χ0v) is 55.0. The van der Waals surface area contributed by atoms with Crippen molar-refractivity contribution >= 4 is 60.1 Å². The van der Waals surface area contributed by atoms with Gasteiger partial charge in [-0.05, 0) is 146 Å². The summed E-state index contributed by atoms with van der Waals surface area (Å²) in [7, 11) is -23.9. The summed E-state index contributed by atoms with van der Waals surface area (Å²) in [6.45, 7) is 14.5. The maximum Gasteiger partial charge on any atom is 0.243 e. The van der Waals surface area contributed by atoms with Crippen molar-refractivity contribution in [3.05, 3.63) is 191 Å². The molecule has 25 heteroatoms. The van der Waals surface area contributed by atoms with Gasteiger partial charge in [-0.1, -0.05) is 113 Å². The van der Waals surface area contributed by atoms with E-state index in [1.807, 2.05) is 41.5 Å². The van der Waals surface area contributed by atoms with Crippen LogP contribution in [0.2, 0.25) is 0 Å². The van der Waals surface area contributed by atoms with E-state index in [2.05, 4.69) is 6.58 Å². The molecule has 8 rings (SSSR count). The van der Waals surface area contributed by atoms with Gasteiger partial charge in [-0.3, -0.25) is 0 Å². The van der Waals surface area contributed by atoms with Gasteiger partial charge in [0.1, 0.15) is 0 Å². The minimum Gasteiger partial charge on any atom is -0.396 e. The fraction of sp³-hybridized carbons (Fsp3) is 0.387. The molecule has 2 saturated heterocycles. The van der Waals surface area contributed by atoms with Gasteiger partial charge in [-0.2, -0.15) is 25.8 Å². The number of benzene rings is 6. The highest BCUT2D eigenvalue weighted by Gasteiger charge is 2.35. The Labute approximate surface area is 516 Å². The molecule has 0 bridgehead atoms. The van der Waals surface area contributed by atoms with Crippen LogP contribution in [0.1, 0.15) is 59.1 Å². The Morgan fingerprint density at radius 3 is 0.690 bits per heavy atom. The van der Waals surface area contributed by atoms with Gasteiger partial charge in [0.25, 0.3) is 0 Å². The van der Waals surface area contributed by atoms with Crippen LogP contribution in [0.15, 0.2) is 187 Å². The molecule has 6 aromatic rings. The molecule has 0 amide bonds. The Hall–Kier alpha value is -5.52. The van der Waals surface area contributed by atoms with Crippen molar-refractivity contribution in [3.63, 3.8) is 0 Å². The summed E-state index contributed by atoms with van der Waals surface area (Å²) in [5, 5.41) is 10.3. The first kappa shape index (κ1) is 69.0. The number of aliphatic hydroxyl groups excluding tert-OH is 1. The summed E-state index contributed by atoms with van der Waals surface area (Å²) in [5.41, 5.74) is 5.83. The molecule has 87 heavy (non-hydrogen) atoms. The molecule has 0 saturated carbocycles. The fourth-order valence-corrected chi connectivity index (χ4v) is 19.2. The van der Waals surface area contributed by atoms with Crippen molar-refractivity contribution in [2.45, 2.75) is 96.6 Å². The molecule has 2 aliphatic heterocycles. The van der Waals surface area contributed by atoms with Crippen molar-refractivity contribution in [1.29, 1.82) is 0 Å². The Morgan fingerprint density at radius 1 is 0.310 bits per heavy atom. The lowest BCUT2D eigenvalue weighted by Gasteiger charge is -2.32. The number of nitrogens with zero attached hydrogens (tertiary/aromatic N) is 6. The van der Waals surface area contributed by atoms with Gasteiger partial charge in [0.2, 0.25) is 60.1 Å². The molecule has 2 aliphatic rings. The van der Waals surface area contributed by atoms with E-state index < -0.39 is 72.7 Å². The summed E-state index contributed by atoms with van der Waals surface area (Å²) >= 11 is 0. The van der Waals surface area contributed by atoms with Crippen LogP contribution in [0, 0.1) is 47.5 Å². The van der Waals surface area contributed by atoms with E-state index in [9.17, 15) is 55.6 Å². The number of sulfonamides is 6. The lowest BCUT2D eigenvalue weighted by atomic mass is 10.1. The van der Waals surface area contributed by atoms with Crippen LogP contribution in [0.5, 0.6) is 0 Å². The highest BCUT2D eigenvalue weighted by Crippen LogP contribution is 2.27. The zero-order valence-electron chi connectivity index (χ0n) is 50.1. The molecule has 0 aromatic heterocycles. The van der Waals surface area contributed by atoms with Gasteiger partial charge in [0, 0.05) is 91.1 Å². The third kappa shape index (κ3) is 17.5. The molecule has 2 fully saturated rings. The van der Waals surface area contributed by atoms with E-state index in [1.54, 1.807) is 84.9 Å². The molecule has 0 atom stereocenters. The van der Waals surface area contributed by atoms with Gasteiger partial charge < -0.3 is 5.11 Å². The van der Waals surface area contributed by atoms with Crippen LogP contribution in [0.3, 0.4) is 0 Å². The topological polar surface area (TPSA) is 245 Å². The Balaban J connectivity index is 0.000000249. The monoisotopic (exact) mass is 1310 g/mol. The van der Waals surface area contributed by atoms with Crippen LogP contribution < -0.4 is 0 Å². The fourth-order valence-electron chi connectivity index (χ4n) is 10.0. The average Bonchev–Trinajstić information content (AvgIpc) is 1.75. The Morgan fingerprint density at radius 2 is 0.483 bits per heavy atom. The molecule has 0 unspecified atom stereocenters. The van der Waals surface area contributed by atoms with Crippen molar-refractivity contribution < 1.29 is 55.6 Å². The summed E-state index contributed by atoms with van der Waals surface area (Å²) < 4.78 is 173. The second-order valence-electron chi connectivity index (χ2n) is 22.3. The van der Waals surface area contributed by atoms with E-state index in [-0.39, 0.29) is 134 Å². The SMILES string of the molecule is C=C1CN(S(=O)(=O)c2ccc(C)cc2)CCCN(S(=O)(=O)c2ccc(C)cc2)CCCN(S(=O)(=O)c2ccc(C)cc2)C1.Cc1ccc(S(=O)(=O)N2CCCN(S(=O)(=O)c3ccc(C)cc3)CC(CO)CN(S(=O)(=O)c3ccc(C)cc3)CCC2)cc1. The van der Waals surface area contributed by atoms with Crippen LogP contribution >= 0.6 is 0 Å². The molecule has 472 valence electrons. The highest BCUT2D eigenvalue weighted by molar-refractivity contribution is 7.90. The van der Waals surface area contributed by atoms with E-state index >= 15 is 0 Å².